The van der Waals surface area contributed by atoms with Gasteiger partial charge in [0.1, 0.15) is 18.1 Å². The van der Waals surface area contributed by atoms with Crippen molar-refractivity contribution in [3.63, 3.8) is 0 Å². The molecule has 0 radical (unpaired) electrons. The summed E-state index contributed by atoms with van der Waals surface area (Å²) >= 11 is 5.86. The molecular weight excluding hydrogens is 352 g/mol. The molecule has 0 saturated heterocycles. The van der Waals surface area contributed by atoms with Gasteiger partial charge in [-0.05, 0) is 49.7 Å². The maximum absolute atomic E-state index is 12.4. The molecule has 0 aliphatic carbocycles. The SMILES string of the molecule is Cc1noc(C)c1COc1cccc(C(=O)NCc2ccc(Cl)cc2)c1. The lowest BCUT2D eigenvalue weighted by Crippen LogP contribution is -2.22. The number of ether oxygens (including phenoxy) is 1. The number of amides is 1. The van der Waals surface area contributed by atoms with Gasteiger partial charge in [-0.15, -0.1) is 0 Å². The Morgan fingerprint density at radius 2 is 1.96 bits per heavy atom. The fourth-order valence-electron chi connectivity index (χ4n) is 2.48. The van der Waals surface area contributed by atoms with Crippen LogP contribution < -0.4 is 10.1 Å². The van der Waals surface area contributed by atoms with Gasteiger partial charge in [-0.25, -0.2) is 0 Å². The van der Waals surface area contributed by atoms with E-state index in [1.54, 1.807) is 30.3 Å². The van der Waals surface area contributed by atoms with Gasteiger partial charge in [0.15, 0.2) is 0 Å². The van der Waals surface area contributed by atoms with Crippen LogP contribution in [0.25, 0.3) is 0 Å². The standard InChI is InChI=1S/C20H19ClN2O3/c1-13-19(14(2)26-23-13)12-25-18-5-3-4-16(10-18)20(24)22-11-15-6-8-17(21)9-7-15/h3-10H,11-12H2,1-2H3,(H,22,24). The fourth-order valence-corrected chi connectivity index (χ4v) is 2.60. The van der Waals surface area contributed by atoms with E-state index in [1.165, 1.54) is 0 Å². The van der Waals surface area contributed by atoms with E-state index in [0.29, 0.717) is 29.5 Å². The first-order valence-electron chi connectivity index (χ1n) is 8.20. The van der Waals surface area contributed by atoms with Crippen molar-refractivity contribution in [2.45, 2.75) is 27.0 Å². The van der Waals surface area contributed by atoms with Crippen LogP contribution in [0.3, 0.4) is 0 Å². The van der Waals surface area contributed by atoms with E-state index in [9.17, 15) is 4.79 Å². The zero-order chi connectivity index (χ0) is 18.5. The van der Waals surface area contributed by atoms with Crippen molar-refractivity contribution in [3.8, 4) is 5.75 Å². The van der Waals surface area contributed by atoms with Gasteiger partial charge in [0.05, 0.1) is 11.3 Å². The third kappa shape index (κ3) is 4.43. The molecule has 2 aromatic carbocycles. The van der Waals surface area contributed by atoms with E-state index in [2.05, 4.69) is 10.5 Å². The molecule has 1 amide bonds. The maximum Gasteiger partial charge on any atom is 0.251 e. The molecule has 3 rings (SSSR count). The predicted octanol–water partition coefficient (Wildman–Crippen LogP) is 4.45. The van der Waals surface area contributed by atoms with Crippen molar-refractivity contribution in [1.82, 2.24) is 10.5 Å². The van der Waals surface area contributed by atoms with Crippen molar-refractivity contribution in [2.75, 3.05) is 0 Å². The largest absolute Gasteiger partial charge is 0.489 e. The number of hydrogen-bond acceptors (Lipinski definition) is 4. The van der Waals surface area contributed by atoms with E-state index in [4.69, 9.17) is 20.9 Å². The monoisotopic (exact) mass is 370 g/mol. The summed E-state index contributed by atoms with van der Waals surface area (Å²) in [4.78, 5) is 12.4. The summed E-state index contributed by atoms with van der Waals surface area (Å²) in [7, 11) is 0. The van der Waals surface area contributed by atoms with Gasteiger partial charge < -0.3 is 14.6 Å². The lowest BCUT2D eigenvalue weighted by atomic mass is 10.2. The van der Waals surface area contributed by atoms with Crippen molar-refractivity contribution >= 4 is 17.5 Å². The van der Waals surface area contributed by atoms with Crippen molar-refractivity contribution < 1.29 is 14.1 Å². The molecule has 5 nitrogen and oxygen atoms in total. The van der Waals surface area contributed by atoms with Crippen LogP contribution in [0.4, 0.5) is 0 Å². The molecule has 0 saturated carbocycles. The van der Waals surface area contributed by atoms with Crippen molar-refractivity contribution in [3.05, 3.63) is 81.7 Å². The third-order valence-corrected chi connectivity index (χ3v) is 4.28. The molecule has 0 unspecified atom stereocenters. The topological polar surface area (TPSA) is 64.4 Å². The smallest absolute Gasteiger partial charge is 0.251 e. The summed E-state index contributed by atoms with van der Waals surface area (Å²) < 4.78 is 10.9. The average molecular weight is 371 g/mol. The quantitative estimate of drug-likeness (QED) is 0.696. The van der Waals surface area contributed by atoms with Crippen LogP contribution in [0.15, 0.2) is 53.1 Å². The summed E-state index contributed by atoms with van der Waals surface area (Å²) in [6, 6.07) is 14.4. The van der Waals surface area contributed by atoms with Crippen LogP contribution in [-0.2, 0) is 13.2 Å². The Morgan fingerprint density at radius 1 is 1.19 bits per heavy atom. The number of aromatic nitrogens is 1. The Bertz CT molecular complexity index is 884. The van der Waals surface area contributed by atoms with Crippen LogP contribution in [0, 0.1) is 13.8 Å². The molecule has 0 aliphatic heterocycles. The van der Waals surface area contributed by atoms with Crippen molar-refractivity contribution in [1.29, 1.82) is 0 Å². The highest BCUT2D eigenvalue weighted by molar-refractivity contribution is 6.30. The number of carbonyl (C=O) groups excluding carboxylic acids is 1. The zero-order valence-corrected chi connectivity index (χ0v) is 15.3. The van der Waals surface area contributed by atoms with Crippen LogP contribution in [0.2, 0.25) is 5.02 Å². The summed E-state index contributed by atoms with van der Waals surface area (Å²) in [5.74, 6) is 1.19. The molecule has 1 aromatic heterocycles. The minimum atomic E-state index is -0.164. The van der Waals surface area contributed by atoms with E-state index in [1.807, 2.05) is 32.0 Å². The summed E-state index contributed by atoms with van der Waals surface area (Å²) in [5, 5.41) is 7.46. The molecular formula is C20H19ClN2O3. The van der Waals surface area contributed by atoms with Gasteiger partial charge in [-0.3, -0.25) is 4.79 Å². The first-order valence-corrected chi connectivity index (χ1v) is 8.58. The highest BCUT2D eigenvalue weighted by Crippen LogP contribution is 2.18. The second kappa shape index (κ2) is 8.06. The molecule has 1 heterocycles. The molecule has 26 heavy (non-hydrogen) atoms. The van der Waals surface area contributed by atoms with Gasteiger partial charge in [0, 0.05) is 17.1 Å². The number of nitrogens with one attached hydrogen (secondary N) is 1. The molecule has 0 fully saturated rings. The van der Waals surface area contributed by atoms with Crippen LogP contribution in [0.1, 0.15) is 32.9 Å². The highest BCUT2D eigenvalue weighted by atomic mass is 35.5. The normalized spacial score (nSPS) is 10.6. The molecule has 0 spiro atoms. The number of halogens is 1. The van der Waals surface area contributed by atoms with E-state index in [-0.39, 0.29) is 5.91 Å². The molecule has 6 heteroatoms. The lowest BCUT2D eigenvalue weighted by Gasteiger charge is -2.09. The number of nitrogens with zero attached hydrogens (tertiary/aromatic N) is 1. The second-order valence-corrected chi connectivity index (χ2v) is 6.36. The number of benzene rings is 2. The number of hydrogen-bond donors (Lipinski definition) is 1. The average Bonchev–Trinajstić information content (AvgIpc) is 2.97. The van der Waals surface area contributed by atoms with Gasteiger partial charge in [-0.2, -0.15) is 0 Å². The Morgan fingerprint density at radius 3 is 2.65 bits per heavy atom. The highest BCUT2D eigenvalue weighted by Gasteiger charge is 2.11. The van der Waals surface area contributed by atoms with E-state index >= 15 is 0 Å². The number of rotatable bonds is 6. The molecule has 0 bridgehead atoms. The van der Waals surface area contributed by atoms with Crippen LogP contribution in [0.5, 0.6) is 5.75 Å². The Hall–Kier alpha value is -2.79. The molecule has 3 aromatic rings. The summed E-state index contributed by atoms with van der Waals surface area (Å²) in [5.41, 5.74) is 3.24. The maximum atomic E-state index is 12.4. The van der Waals surface area contributed by atoms with Crippen LogP contribution in [-0.4, -0.2) is 11.1 Å². The van der Waals surface area contributed by atoms with Gasteiger partial charge in [0.25, 0.3) is 5.91 Å². The van der Waals surface area contributed by atoms with Crippen molar-refractivity contribution in [2.24, 2.45) is 0 Å². The summed E-state index contributed by atoms with van der Waals surface area (Å²) in [6.07, 6.45) is 0. The lowest BCUT2D eigenvalue weighted by molar-refractivity contribution is 0.0950. The first-order chi connectivity index (χ1) is 12.5. The van der Waals surface area contributed by atoms with Gasteiger partial charge in [-0.1, -0.05) is 35.0 Å². The predicted molar refractivity (Wildman–Crippen MR) is 99.4 cm³/mol. The fraction of sp³-hybridized carbons (Fsp3) is 0.200. The van der Waals surface area contributed by atoms with Gasteiger partial charge in [0.2, 0.25) is 0 Å². The number of carbonyl (C=O) groups is 1. The first kappa shape index (κ1) is 18.0. The van der Waals surface area contributed by atoms with Crippen LogP contribution >= 0.6 is 11.6 Å². The Balaban J connectivity index is 1.61. The minimum Gasteiger partial charge on any atom is -0.489 e. The molecule has 134 valence electrons. The van der Waals surface area contributed by atoms with E-state index < -0.39 is 0 Å². The molecule has 0 atom stereocenters. The molecule has 0 aliphatic rings. The second-order valence-electron chi connectivity index (χ2n) is 5.93. The minimum absolute atomic E-state index is 0.164. The summed E-state index contributed by atoms with van der Waals surface area (Å²) in [6.45, 7) is 4.49. The zero-order valence-electron chi connectivity index (χ0n) is 14.6. The van der Waals surface area contributed by atoms with Gasteiger partial charge >= 0.3 is 0 Å². The molecule has 1 N–H and O–H groups in total. The number of aryl methyl sites for hydroxylation is 2. The Labute approximate surface area is 156 Å². The third-order valence-electron chi connectivity index (χ3n) is 4.03. The van der Waals surface area contributed by atoms with E-state index in [0.717, 1.165) is 22.6 Å². The Kier molecular flexibility index (Phi) is 5.58.